The highest BCUT2D eigenvalue weighted by Crippen LogP contribution is 2.23. The molecule has 0 unspecified atom stereocenters. The van der Waals surface area contributed by atoms with Crippen LogP contribution in [-0.4, -0.2) is 30.4 Å². The third kappa shape index (κ3) is 6.11. The standard InChI is InChI=1S/C23H27ClN4O3S/c1-3-4-5-17-6-8-18(9-7-17)27-32(30,31)19-10-11-21(24)20(16-19)23(29)26-13-12-22-25-14-15-28(22)2/h6-11,14-16,27H,3-5,12-13H2,1-2H3,(H,26,29). The molecule has 32 heavy (non-hydrogen) atoms. The molecule has 0 bridgehead atoms. The summed E-state index contributed by atoms with van der Waals surface area (Å²) < 4.78 is 30.1. The van der Waals surface area contributed by atoms with E-state index < -0.39 is 15.9 Å². The molecule has 3 aromatic rings. The first-order valence-electron chi connectivity index (χ1n) is 10.5. The van der Waals surface area contributed by atoms with Gasteiger partial charge in [0.15, 0.2) is 0 Å². The first-order valence-corrected chi connectivity index (χ1v) is 12.3. The van der Waals surface area contributed by atoms with E-state index in [1.807, 2.05) is 29.9 Å². The zero-order chi connectivity index (χ0) is 23.1. The topological polar surface area (TPSA) is 93.1 Å². The largest absolute Gasteiger partial charge is 0.352 e. The fourth-order valence-corrected chi connectivity index (χ4v) is 4.49. The van der Waals surface area contributed by atoms with E-state index in [2.05, 4.69) is 21.9 Å². The quantitative estimate of drug-likeness (QED) is 0.460. The highest BCUT2D eigenvalue weighted by atomic mass is 35.5. The summed E-state index contributed by atoms with van der Waals surface area (Å²) in [4.78, 5) is 16.8. The van der Waals surface area contributed by atoms with Crippen LogP contribution in [0.4, 0.5) is 5.69 Å². The Kier molecular flexibility index (Phi) is 7.93. The summed E-state index contributed by atoms with van der Waals surface area (Å²) in [5.41, 5.74) is 1.72. The number of carbonyl (C=O) groups excluding carboxylic acids is 1. The van der Waals surface area contributed by atoms with Gasteiger partial charge >= 0.3 is 0 Å². The van der Waals surface area contributed by atoms with Gasteiger partial charge in [-0.1, -0.05) is 37.1 Å². The Morgan fingerprint density at radius 2 is 1.88 bits per heavy atom. The van der Waals surface area contributed by atoms with Gasteiger partial charge in [0.05, 0.1) is 15.5 Å². The predicted octanol–water partition coefficient (Wildman–Crippen LogP) is 4.19. The summed E-state index contributed by atoms with van der Waals surface area (Å²) in [7, 11) is -2.00. The Labute approximate surface area is 193 Å². The molecule has 1 aromatic heterocycles. The van der Waals surface area contributed by atoms with Crippen molar-refractivity contribution >= 4 is 33.2 Å². The molecule has 1 amide bonds. The number of nitrogens with zero attached hydrogens (tertiary/aromatic N) is 2. The van der Waals surface area contributed by atoms with Crippen LogP contribution in [0.5, 0.6) is 0 Å². The van der Waals surface area contributed by atoms with Gasteiger partial charge in [-0.05, 0) is 48.7 Å². The Morgan fingerprint density at radius 1 is 1.12 bits per heavy atom. The molecule has 0 aliphatic heterocycles. The fraction of sp³-hybridized carbons (Fsp3) is 0.304. The van der Waals surface area contributed by atoms with Crippen LogP contribution >= 0.6 is 11.6 Å². The minimum absolute atomic E-state index is 0.0359. The number of carbonyl (C=O) groups is 1. The third-order valence-electron chi connectivity index (χ3n) is 5.07. The third-order valence-corrected chi connectivity index (χ3v) is 6.78. The second-order valence-electron chi connectivity index (χ2n) is 7.51. The molecule has 170 valence electrons. The lowest BCUT2D eigenvalue weighted by Crippen LogP contribution is -2.27. The number of benzene rings is 2. The molecule has 9 heteroatoms. The van der Waals surface area contributed by atoms with Crippen molar-refractivity contribution in [3.63, 3.8) is 0 Å². The maximum Gasteiger partial charge on any atom is 0.261 e. The molecule has 2 N–H and O–H groups in total. The molecule has 0 fully saturated rings. The molecule has 0 saturated carbocycles. The van der Waals surface area contributed by atoms with Crippen LogP contribution < -0.4 is 10.0 Å². The number of halogens is 1. The molecule has 0 aliphatic carbocycles. The number of amides is 1. The lowest BCUT2D eigenvalue weighted by molar-refractivity contribution is 0.0954. The average molecular weight is 475 g/mol. The molecule has 3 rings (SSSR count). The Balaban J connectivity index is 1.68. The van der Waals surface area contributed by atoms with Crippen molar-refractivity contribution in [3.8, 4) is 0 Å². The first-order chi connectivity index (χ1) is 15.3. The summed E-state index contributed by atoms with van der Waals surface area (Å²) in [5.74, 6) is 0.388. The van der Waals surface area contributed by atoms with E-state index in [4.69, 9.17) is 11.6 Å². The predicted molar refractivity (Wildman–Crippen MR) is 127 cm³/mol. The van der Waals surface area contributed by atoms with Gasteiger partial charge in [0.2, 0.25) is 0 Å². The van der Waals surface area contributed by atoms with Crippen LogP contribution in [0.15, 0.2) is 59.8 Å². The molecule has 7 nitrogen and oxygen atoms in total. The summed E-state index contributed by atoms with van der Waals surface area (Å²) >= 11 is 6.17. The summed E-state index contributed by atoms with van der Waals surface area (Å²) in [5, 5.41) is 2.94. The van der Waals surface area contributed by atoms with Crippen molar-refractivity contribution in [2.24, 2.45) is 7.05 Å². The second kappa shape index (κ2) is 10.7. The van der Waals surface area contributed by atoms with E-state index in [1.165, 1.54) is 18.2 Å². The molecular weight excluding hydrogens is 448 g/mol. The van der Waals surface area contributed by atoms with Crippen molar-refractivity contribution in [2.75, 3.05) is 11.3 Å². The fourth-order valence-electron chi connectivity index (χ4n) is 3.20. The smallest absolute Gasteiger partial charge is 0.261 e. The number of hydrogen-bond donors (Lipinski definition) is 2. The molecule has 0 radical (unpaired) electrons. The molecule has 0 saturated heterocycles. The summed E-state index contributed by atoms with van der Waals surface area (Å²) in [6.45, 7) is 2.48. The number of aromatic nitrogens is 2. The SMILES string of the molecule is CCCCc1ccc(NS(=O)(=O)c2ccc(Cl)c(C(=O)NCCc3nccn3C)c2)cc1. The second-order valence-corrected chi connectivity index (χ2v) is 9.60. The molecule has 0 spiro atoms. The number of nitrogens with one attached hydrogen (secondary N) is 2. The Bertz CT molecular complexity index is 1170. The van der Waals surface area contributed by atoms with Gasteiger partial charge in [-0.15, -0.1) is 0 Å². The molecule has 1 heterocycles. The minimum Gasteiger partial charge on any atom is -0.352 e. The zero-order valence-corrected chi connectivity index (χ0v) is 19.7. The minimum atomic E-state index is -3.88. The van der Waals surface area contributed by atoms with Crippen LogP contribution in [0.3, 0.4) is 0 Å². The van der Waals surface area contributed by atoms with Gasteiger partial charge in [0.25, 0.3) is 15.9 Å². The number of unbranched alkanes of at least 4 members (excludes halogenated alkanes) is 1. The van der Waals surface area contributed by atoms with Crippen molar-refractivity contribution in [1.82, 2.24) is 14.9 Å². The van der Waals surface area contributed by atoms with Crippen LogP contribution in [0.2, 0.25) is 5.02 Å². The number of hydrogen-bond acceptors (Lipinski definition) is 4. The van der Waals surface area contributed by atoms with E-state index in [9.17, 15) is 13.2 Å². The van der Waals surface area contributed by atoms with E-state index in [1.54, 1.807) is 18.3 Å². The molecule has 0 atom stereocenters. The number of anilines is 1. The van der Waals surface area contributed by atoms with E-state index in [0.717, 1.165) is 30.7 Å². The number of rotatable bonds is 10. The van der Waals surface area contributed by atoms with Gasteiger partial charge in [0, 0.05) is 38.1 Å². The number of imidazole rings is 1. The van der Waals surface area contributed by atoms with Gasteiger partial charge in [-0.2, -0.15) is 0 Å². The monoisotopic (exact) mass is 474 g/mol. The number of aryl methyl sites for hydroxylation is 2. The van der Waals surface area contributed by atoms with Crippen molar-refractivity contribution in [2.45, 2.75) is 37.5 Å². The van der Waals surface area contributed by atoms with Gasteiger partial charge in [0.1, 0.15) is 5.82 Å². The highest BCUT2D eigenvalue weighted by Gasteiger charge is 2.19. The van der Waals surface area contributed by atoms with Crippen LogP contribution in [-0.2, 0) is 29.9 Å². The van der Waals surface area contributed by atoms with Gasteiger partial charge in [-0.25, -0.2) is 13.4 Å². The zero-order valence-electron chi connectivity index (χ0n) is 18.1. The maximum atomic E-state index is 12.9. The Morgan fingerprint density at radius 3 is 2.53 bits per heavy atom. The highest BCUT2D eigenvalue weighted by molar-refractivity contribution is 7.92. The first kappa shape index (κ1) is 23.8. The van der Waals surface area contributed by atoms with Crippen molar-refractivity contribution < 1.29 is 13.2 Å². The maximum absolute atomic E-state index is 12.9. The number of sulfonamides is 1. The lowest BCUT2D eigenvalue weighted by atomic mass is 10.1. The van der Waals surface area contributed by atoms with Crippen molar-refractivity contribution in [3.05, 3.63) is 76.8 Å². The summed E-state index contributed by atoms with van der Waals surface area (Å²) in [6.07, 6.45) is 7.20. The van der Waals surface area contributed by atoms with Gasteiger partial charge in [-0.3, -0.25) is 9.52 Å². The van der Waals surface area contributed by atoms with Crippen LogP contribution in [0.25, 0.3) is 0 Å². The van der Waals surface area contributed by atoms with Crippen molar-refractivity contribution in [1.29, 1.82) is 0 Å². The molecular formula is C23H27ClN4O3S. The Hall–Kier alpha value is -2.84. The average Bonchev–Trinajstić information content (AvgIpc) is 3.17. The molecule has 0 aliphatic rings. The van der Waals surface area contributed by atoms with Crippen LogP contribution in [0.1, 0.15) is 41.5 Å². The molecule has 2 aromatic carbocycles. The van der Waals surface area contributed by atoms with E-state index in [-0.39, 0.29) is 15.5 Å². The van der Waals surface area contributed by atoms with Gasteiger partial charge < -0.3 is 9.88 Å². The normalized spacial score (nSPS) is 11.3. The summed E-state index contributed by atoms with van der Waals surface area (Å²) in [6, 6.07) is 11.4. The lowest BCUT2D eigenvalue weighted by Gasteiger charge is -2.12. The van der Waals surface area contributed by atoms with E-state index in [0.29, 0.717) is 18.7 Å². The van der Waals surface area contributed by atoms with E-state index >= 15 is 0 Å². The van der Waals surface area contributed by atoms with Crippen LogP contribution in [0, 0.1) is 0 Å².